The molecule has 1 N–H and O–H groups in total. The second-order valence-corrected chi connectivity index (χ2v) is 6.51. The topological polar surface area (TPSA) is 38.3 Å². The number of carbonyl (C=O) groups is 1. The standard InChI is InChI=1S/C16H10BrCl2NO2/c17-10-3-1-9(2-4-10)15-14(8-22-16(15)21)20-13-6-11(18)5-12(19)7-13/h1-7,20H,8H2. The van der Waals surface area contributed by atoms with Gasteiger partial charge in [-0.3, -0.25) is 0 Å². The Labute approximate surface area is 146 Å². The van der Waals surface area contributed by atoms with Crippen molar-refractivity contribution in [3.8, 4) is 0 Å². The summed E-state index contributed by atoms with van der Waals surface area (Å²) < 4.78 is 6.09. The van der Waals surface area contributed by atoms with E-state index in [-0.39, 0.29) is 12.6 Å². The van der Waals surface area contributed by atoms with Crippen molar-refractivity contribution in [3.05, 3.63) is 68.2 Å². The number of cyclic esters (lactones) is 1. The number of halogens is 3. The van der Waals surface area contributed by atoms with Gasteiger partial charge in [0, 0.05) is 20.2 Å². The van der Waals surface area contributed by atoms with E-state index in [1.165, 1.54) is 0 Å². The molecule has 22 heavy (non-hydrogen) atoms. The number of ether oxygens (including phenoxy) is 1. The van der Waals surface area contributed by atoms with Gasteiger partial charge in [-0.05, 0) is 35.9 Å². The Morgan fingerprint density at radius 3 is 2.32 bits per heavy atom. The van der Waals surface area contributed by atoms with Crippen LogP contribution in [0.1, 0.15) is 5.56 Å². The molecule has 0 radical (unpaired) electrons. The summed E-state index contributed by atoms with van der Waals surface area (Å²) in [5, 5.41) is 4.21. The number of benzene rings is 2. The highest BCUT2D eigenvalue weighted by Crippen LogP contribution is 2.30. The van der Waals surface area contributed by atoms with Crippen molar-refractivity contribution < 1.29 is 9.53 Å². The van der Waals surface area contributed by atoms with E-state index >= 15 is 0 Å². The van der Waals surface area contributed by atoms with Crippen LogP contribution in [0.4, 0.5) is 5.69 Å². The van der Waals surface area contributed by atoms with Gasteiger partial charge in [0.15, 0.2) is 0 Å². The van der Waals surface area contributed by atoms with Crippen molar-refractivity contribution in [1.29, 1.82) is 0 Å². The fourth-order valence-corrected chi connectivity index (χ4v) is 3.00. The zero-order chi connectivity index (χ0) is 15.7. The molecule has 0 saturated heterocycles. The molecule has 0 amide bonds. The molecule has 0 saturated carbocycles. The fourth-order valence-electron chi connectivity index (χ4n) is 2.21. The van der Waals surface area contributed by atoms with Crippen molar-refractivity contribution in [3.63, 3.8) is 0 Å². The minimum atomic E-state index is -0.349. The summed E-state index contributed by atoms with van der Waals surface area (Å²) in [5.41, 5.74) is 2.70. The normalized spacial score (nSPS) is 14.2. The molecule has 0 atom stereocenters. The van der Waals surface area contributed by atoms with Crippen molar-refractivity contribution >= 4 is 56.4 Å². The van der Waals surface area contributed by atoms with E-state index in [0.717, 1.165) is 10.0 Å². The van der Waals surface area contributed by atoms with Crippen LogP contribution in [-0.4, -0.2) is 12.6 Å². The molecule has 1 aliphatic rings. The zero-order valence-electron chi connectivity index (χ0n) is 11.2. The van der Waals surface area contributed by atoms with Gasteiger partial charge in [0.25, 0.3) is 0 Å². The lowest BCUT2D eigenvalue weighted by atomic mass is 10.1. The van der Waals surface area contributed by atoms with Gasteiger partial charge in [0.1, 0.15) is 6.61 Å². The highest BCUT2D eigenvalue weighted by atomic mass is 79.9. The molecule has 0 aliphatic carbocycles. The maximum atomic E-state index is 12.0. The quantitative estimate of drug-likeness (QED) is 0.727. The molecule has 0 aromatic heterocycles. The number of nitrogens with one attached hydrogen (secondary N) is 1. The molecule has 0 fully saturated rings. The zero-order valence-corrected chi connectivity index (χ0v) is 14.3. The molecule has 1 heterocycles. The smallest absolute Gasteiger partial charge is 0.341 e. The molecule has 6 heteroatoms. The lowest BCUT2D eigenvalue weighted by Crippen LogP contribution is -2.03. The number of hydrogen-bond acceptors (Lipinski definition) is 3. The first-order chi connectivity index (χ1) is 10.5. The molecule has 0 spiro atoms. The molecule has 1 aliphatic heterocycles. The Bertz CT molecular complexity index is 752. The van der Waals surface area contributed by atoms with E-state index in [1.54, 1.807) is 18.2 Å². The summed E-state index contributed by atoms with van der Waals surface area (Å²) in [6.07, 6.45) is 0. The summed E-state index contributed by atoms with van der Waals surface area (Å²) in [6.45, 7) is 0.189. The van der Waals surface area contributed by atoms with Crippen LogP contribution in [0.3, 0.4) is 0 Å². The lowest BCUT2D eigenvalue weighted by Gasteiger charge is -2.09. The van der Waals surface area contributed by atoms with Gasteiger partial charge in [-0.2, -0.15) is 0 Å². The first kappa shape index (κ1) is 15.4. The molecule has 112 valence electrons. The van der Waals surface area contributed by atoms with Crippen molar-refractivity contribution in [2.24, 2.45) is 0 Å². The maximum absolute atomic E-state index is 12.0. The molecular weight excluding hydrogens is 389 g/mol. The average Bonchev–Trinajstić information content (AvgIpc) is 2.80. The van der Waals surface area contributed by atoms with Crippen molar-refractivity contribution in [1.82, 2.24) is 0 Å². The lowest BCUT2D eigenvalue weighted by molar-refractivity contribution is -0.134. The SMILES string of the molecule is O=C1OCC(Nc2cc(Cl)cc(Cl)c2)=C1c1ccc(Br)cc1. The second kappa shape index (κ2) is 6.32. The third-order valence-electron chi connectivity index (χ3n) is 3.14. The molecule has 3 nitrogen and oxygen atoms in total. The van der Waals surface area contributed by atoms with Crippen molar-refractivity contribution in [2.75, 3.05) is 11.9 Å². The molecule has 3 rings (SSSR count). The number of rotatable bonds is 3. The Morgan fingerprint density at radius 1 is 1.05 bits per heavy atom. The Morgan fingerprint density at radius 2 is 1.68 bits per heavy atom. The van der Waals surface area contributed by atoms with Crippen LogP contribution in [-0.2, 0) is 9.53 Å². The first-order valence-electron chi connectivity index (χ1n) is 6.42. The van der Waals surface area contributed by atoms with E-state index < -0.39 is 0 Å². The van der Waals surface area contributed by atoms with Crippen LogP contribution in [0.25, 0.3) is 5.57 Å². The van der Waals surface area contributed by atoms with E-state index in [2.05, 4.69) is 21.2 Å². The molecule has 2 aromatic carbocycles. The minimum Gasteiger partial charge on any atom is -0.456 e. The summed E-state index contributed by atoms with van der Waals surface area (Å²) in [6, 6.07) is 12.6. The van der Waals surface area contributed by atoms with Gasteiger partial charge in [-0.1, -0.05) is 51.3 Å². The minimum absolute atomic E-state index is 0.189. The van der Waals surface area contributed by atoms with Gasteiger partial charge in [0.2, 0.25) is 0 Å². The summed E-state index contributed by atoms with van der Waals surface area (Å²) in [7, 11) is 0. The fraction of sp³-hybridized carbons (Fsp3) is 0.0625. The largest absolute Gasteiger partial charge is 0.456 e. The number of carbonyl (C=O) groups excluding carboxylic acids is 1. The third kappa shape index (κ3) is 3.29. The van der Waals surface area contributed by atoms with E-state index in [9.17, 15) is 4.79 Å². The highest BCUT2D eigenvalue weighted by molar-refractivity contribution is 9.10. The molecule has 0 unspecified atom stereocenters. The summed E-state index contributed by atoms with van der Waals surface area (Å²) in [4.78, 5) is 12.0. The summed E-state index contributed by atoms with van der Waals surface area (Å²) >= 11 is 15.4. The van der Waals surface area contributed by atoms with E-state index in [0.29, 0.717) is 27.0 Å². The van der Waals surface area contributed by atoms with E-state index in [1.807, 2.05) is 24.3 Å². The Kier molecular flexibility index (Phi) is 4.43. The van der Waals surface area contributed by atoms with Crippen LogP contribution in [0.15, 0.2) is 52.6 Å². The Balaban J connectivity index is 1.98. The molecular formula is C16H10BrCl2NO2. The van der Waals surface area contributed by atoms with Crippen LogP contribution in [0.5, 0.6) is 0 Å². The second-order valence-electron chi connectivity index (χ2n) is 4.72. The van der Waals surface area contributed by atoms with Crippen molar-refractivity contribution in [2.45, 2.75) is 0 Å². The molecule has 0 bridgehead atoms. The highest BCUT2D eigenvalue weighted by Gasteiger charge is 2.26. The van der Waals surface area contributed by atoms with Gasteiger partial charge in [0.05, 0.1) is 11.3 Å². The Hall–Kier alpha value is -1.49. The van der Waals surface area contributed by atoms with Crippen LogP contribution in [0.2, 0.25) is 10.0 Å². The van der Waals surface area contributed by atoms with E-state index in [4.69, 9.17) is 27.9 Å². The molecule has 2 aromatic rings. The van der Waals surface area contributed by atoms with Crippen LogP contribution >= 0.6 is 39.1 Å². The van der Waals surface area contributed by atoms with Crippen LogP contribution < -0.4 is 5.32 Å². The number of anilines is 1. The monoisotopic (exact) mass is 397 g/mol. The third-order valence-corrected chi connectivity index (χ3v) is 4.11. The first-order valence-corrected chi connectivity index (χ1v) is 7.97. The predicted molar refractivity (Wildman–Crippen MR) is 92.1 cm³/mol. The summed E-state index contributed by atoms with van der Waals surface area (Å²) in [5.74, 6) is -0.349. The number of esters is 1. The van der Waals surface area contributed by atoms with Crippen LogP contribution in [0, 0.1) is 0 Å². The van der Waals surface area contributed by atoms with Gasteiger partial charge in [-0.25, -0.2) is 4.79 Å². The average molecular weight is 399 g/mol. The maximum Gasteiger partial charge on any atom is 0.341 e. The van der Waals surface area contributed by atoms with Gasteiger partial charge < -0.3 is 10.1 Å². The van der Waals surface area contributed by atoms with Gasteiger partial charge >= 0.3 is 5.97 Å². The predicted octanol–water partition coefficient (Wildman–Crippen LogP) is 5.14. The number of hydrogen-bond donors (Lipinski definition) is 1. The van der Waals surface area contributed by atoms with Gasteiger partial charge in [-0.15, -0.1) is 0 Å².